The number of oxazole rings is 1. The maximum Gasteiger partial charge on any atom is 0.419 e. The first-order chi connectivity index (χ1) is 13.4. The molecule has 1 atom stereocenters. The fourth-order valence-corrected chi connectivity index (χ4v) is 5.60. The third kappa shape index (κ3) is 3.18. The van der Waals surface area contributed by atoms with Gasteiger partial charge in [0.1, 0.15) is 0 Å². The molecule has 1 unspecified atom stereocenters. The average Bonchev–Trinajstić information content (AvgIpc) is 3.12. The van der Waals surface area contributed by atoms with Crippen LogP contribution in [0.5, 0.6) is 0 Å². The first-order valence-electron chi connectivity index (χ1n) is 9.56. The maximum atomic E-state index is 13.5. The lowest BCUT2D eigenvalue weighted by Gasteiger charge is -2.28. The van der Waals surface area contributed by atoms with Crippen molar-refractivity contribution in [2.24, 2.45) is 7.05 Å². The van der Waals surface area contributed by atoms with Gasteiger partial charge in [-0.25, -0.2) is 13.2 Å². The Morgan fingerprint density at radius 1 is 1.21 bits per heavy atom. The van der Waals surface area contributed by atoms with Gasteiger partial charge in [0.25, 0.3) is 0 Å². The van der Waals surface area contributed by atoms with Crippen molar-refractivity contribution in [3.8, 4) is 0 Å². The zero-order chi connectivity index (χ0) is 19.9. The Hall–Kier alpha value is -2.39. The van der Waals surface area contributed by atoms with Gasteiger partial charge >= 0.3 is 5.76 Å². The van der Waals surface area contributed by atoms with Gasteiger partial charge in [0.15, 0.2) is 5.58 Å². The summed E-state index contributed by atoms with van der Waals surface area (Å²) in [6.45, 7) is 2.75. The summed E-state index contributed by atoms with van der Waals surface area (Å²) in [5.74, 6) is -0.479. The van der Waals surface area contributed by atoms with Crippen LogP contribution >= 0.6 is 0 Å². The van der Waals surface area contributed by atoms with E-state index in [-0.39, 0.29) is 16.5 Å². The summed E-state index contributed by atoms with van der Waals surface area (Å²) >= 11 is 0. The fraction of sp³-hybridized carbons (Fsp3) is 0.474. The standard InChI is InChI=1S/C19H24N4O4S/c1-3-22-17-9-8-14(13-18(17)27-19(22)24)28(25,26)23-11-6-4-5-7-16(23)15-10-12-21(2)20-15/h8-10,12-13,16H,3-7,11H2,1-2H3. The van der Waals surface area contributed by atoms with Crippen LogP contribution in [0.3, 0.4) is 0 Å². The van der Waals surface area contributed by atoms with E-state index in [1.165, 1.54) is 10.6 Å². The van der Waals surface area contributed by atoms with Crippen LogP contribution in [0.2, 0.25) is 0 Å². The Balaban J connectivity index is 1.78. The van der Waals surface area contributed by atoms with E-state index in [2.05, 4.69) is 5.10 Å². The second kappa shape index (κ2) is 7.21. The Kier molecular flexibility index (Phi) is 4.88. The molecule has 1 aliphatic heterocycles. The van der Waals surface area contributed by atoms with Crippen molar-refractivity contribution in [2.45, 2.75) is 50.1 Å². The van der Waals surface area contributed by atoms with Crippen molar-refractivity contribution in [1.82, 2.24) is 18.7 Å². The Morgan fingerprint density at radius 3 is 2.75 bits per heavy atom. The molecule has 1 saturated heterocycles. The van der Waals surface area contributed by atoms with Gasteiger partial charge in [-0.15, -0.1) is 0 Å². The normalized spacial score (nSPS) is 19.1. The van der Waals surface area contributed by atoms with Crippen molar-refractivity contribution in [3.63, 3.8) is 0 Å². The lowest BCUT2D eigenvalue weighted by atomic mass is 10.1. The molecule has 0 N–H and O–H groups in total. The van der Waals surface area contributed by atoms with Crippen LogP contribution in [0, 0.1) is 0 Å². The molecule has 0 spiro atoms. The number of fused-ring (bicyclic) bond motifs is 1. The highest BCUT2D eigenvalue weighted by Crippen LogP contribution is 2.34. The molecule has 3 aromatic rings. The number of nitrogens with zero attached hydrogens (tertiary/aromatic N) is 4. The minimum absolute atomic E-state index is 0.139. The molecule has 28 heavy (non-hydrogen) atoms. The molecular formula is C19H24N4O4S. The number of aromatic nitrogens is 3. The van der Waals surface area contributed by atoms with Gasteiger partial charge in [-0.3, -0.25) is 9.25 Å². The van der Waals surface area contributed by atoms with E-state index >= 15 is 0 Å². The number of benzene rings is 1. The molecule has 0 aliphatic carbocycles. The van der Waals surface area contributed by atoms with Crippen molar-refractivity contribution in [1.29, 1.82) is 0 Å². The predicted octanol–water partition coefficient (Wildman–Crippen LogP) is 2.65. The first-order valence-corrected chi connectivity index (χ1v) is 11.0. The van der Waals surface area contributed by atoms with E-state index < -0.39 is 15.8 Å². The number of sulfonamides is 1. The maximum absolute atomic E-state index is 13.5. The summed E-state index contributed by atoms with van der Waals surface area (Å²) in [5, 5.41) is 4.46. The van der Waals surface area contributed by atoms with E-state index in [4.69, 9.17) is 4.42 Å². The summed E-state index contributed by atoms with van der Waals surface area (Å²) in [7, 11) is -1.94. The summed E-state index contributed by atoms with van der Waals surface area (Å²) < 4.78 is 37.0. The van der Waals surface area contributed by atoms with Crippen molar-refractivity contribution in [3.05, 3.63) is 46.7 Å². The molecule has 0 saturated carbocycles. The highest BCUT2D eigenvalue weighted by molar-refractivity contribution is 7.89. The Morgan fingerprint density at radius 2 is 2.04 bits per heavy atom. The van der Waals surface area contributed by atoms with Crippen molar-refractivity contribution < 1.29 is 12.8 Å². The van der Waals surface area contributed by atoms with Gasteiger partial charge in [0.2, 0.25) is 10.0 Å². The summed E-state index contributed by atoms with van der Waals surface area (Å²) in [5.41, 5.74) is 1.65. The van der Waals surface area contributed by atoms with Crippen LogP contribution in [0.15, 0.2) is 44.6 Å². The van der Waals surface area contributed by atoms with Crippen LogP contribution in [-0.4, -0.2) is 33.6 Å². The largest absolute Gasteiger partial charge is 0.419 e. The fourth-order valence-electron chi connectivity index (χ4n) is 3.92. The van der Waals surface area contributed by atoms with Crippen LogP contribution in [-0.2, 0) is 23.6 Å². The quantitative estimate of drug-likeness (QED) is 0.667. The second-order valence-corrected chi connectivity index (χ2v) is 9.03. The van der Waals surface area contributed by atoms with Crippen molar-refractivity contribution >= 4 is 21.1 Å². The number of hydrogen-bond donors (Lipinski definition) is 0. The number of aryl methyl sites for hydroxylation is 2. The SMILES string of the molecule is CCn1c(=O)oc2cc(S(=O)(=O)N3CCCCCC3c3ccn(C)n3)ccc21. The van der Waals surface area contributed by atoms with Crippen LogP contribution in [0.25, 0.3) is 11.1 Å². The third-order valence-electron chi connectivity index (χ3n) is 5.34. The van der Waals surface area contributed by atoms with E-state index in [9.17, 15) is 13.2 Å². The monoisotopic (exact) mass is 404 g/mol. The molecule has 1 fully saturated rings. The predicted molar refractivity (Wildman–Crippen MR) is 104 cm³/mol. The summed E-state index contributed by atoms with van der Waals surface area (Å²) in [4.78, 5) is 12.1. The molecular weight excluding hydrogens is 380 g/mol. The zero-order valence-electron chi connectivity index (χ0n) is 16.0. The summed E-state index contributed by atoms with van der Waals surface area (Å²) in [6.07, 6.45) is 5.33. The number of rotatable bonds is 4. The van der Waals surface area contributed by atoms with Gasteiger partial charge in [-0.05, 0) is 38.0 Å². The molecule has 4 rings (SSSR count). The molecule has 0 bridgehead atoms. The van der Waals surface area contributed by atoms with Gasteiger partial charge in [0.05, 0.1) is 22.1 Å². The molecule has 150 valence electrons. The third-order valence-corrected chi connectivity index (χ3v) is 7.25. The molecule has 0 amide bonds. The van der Waals surface area contributed by atoms with Gasteiger partial charge in [-0.2, -0.15) is 9.40 Å². The van der Waals surface area contributed by atoms with Crippen molar-refractivity contribution in [2.75, 3.05) is 6.54 Å². The lowest BCUT2D eigenvalue weighted by molar-refractivity contribution is 0.321. The van der Waals surface area contributed by atoms with Crippen LogP contribution < -0.4 is 5.76 Å². The van der Waals surface area contributed by atoms with Crippen LogP contribution in [0.1, 0.15) is 44.3 Å². The second-order valence-electron chi connectivity index (χ2n) is 7.14. The van der Waals surface area contributed by atoms with Gasteiger partial charge in [-0.1, -0.05) is 12.8 Å². The Labute approximate surface area is 163 Å². The van der Waals surface area contributed by atoms with E-state index in [1.807, 2.05) is 26.2 Å². The molecule has 3 heterocycles. The first kappa shape index (κ1) is 18.9. The molecule has 8 nitrogen and oxygen atoms in total. The van der Waals surface area contributed by atoms with Gasteiger partial charge < -0.3 is 4.42 Å². The minimum Gasteiger partial charge on any atom is -0.408 e. The molecule has 0 radical (unpaired) electrons. The highest BCUT2D eigenvalue weighted by Gasteiger charge is 2.35. The highest BCUT2D eigenvalue weighted by atomic mass is 32.2. The number of hydrogen-bond acceptors (Lipinski definition) is 5. The molecule has 1 aliphatic rings. The minimum atomic E-state index is -3.76. The smallest absolute Gasteiger partial charge is 0.408 e. The molecule has 1 aromatic carbocycles. The molecule has 9 heteroatoms. The summed E-state index contributed by atoms with van der Waals surface area (Å²) in [6, 6.07) is 6.24. The zero-order valence-corrected chi connectivity index (χ0v) is 16.9. The van der Waals surface area contributed by atoms with E-state index in [0.29, 0.717) is 18.6 Å². The lowest BCUT2D eigenvalue weighted by Crippen LogP contribution is -2.35. The van der Waals surface area contributed by atoms with E-state index in [1.54, 1.807) is 21.1 Å². The van der Waals surface area contributed by atoms with E-state index in [0.717, 1.165) is 31.4 Å². The topological polar surface area (TPSA) is 90.3 Å². The van der Waals surface area contributed by atoms with Crippen LogP contribution in [0.4, 0.5) is 0 Å². The van der Waals surface area contributed by atoms with Gasteiger partial charge in [0, 0.05) is 32.4 Å². The average molecular weight is 404 g/mol. The Bertz CT molecular complexity index is 1160. The molecule has 2 aromatic heterocycles.